The first-order valence-electron chi connectivity index (χ1n) is 9.72. The summed E-state index contributed by atoms with van der Waals surface area (Å²) in [6.45, 7) is 4.77. The molecule has 4 aliphatic rings. The second kappa shape index (κ2) is 4.99. The highest BCUT2D eigenvalue weighted by atomic mass is 16.3. The Morgan fingerprint density at radius 2 is 1.70 bits per heavy atom. The third kappa shape index (κ3) is 1.96. The van der Waals surface area contributed by atoms with Gasteiger partial charge in [0.25, 0.3) is 0 Å². The number of aliphatic hydroxyl groups excluding tert-OH is 1. The molecule has 0 amide bonds. The van der Waals surface area contributed by atoms with E-state index in [1.165, 1.54) is 25.7 Å². The Morgan fingerprint density at radius 1 is 0.957 bits per heavy atom. The lowest BCUT2D eigenvalue weighted by Crippen LogP contribution is -2.56. The lowest BCUT2D eigenvalue weighted by Gasteiger charge is -2.61. The molecule has 0 aromatic carbocycles. The molecule has 0 spiro atoms. The summed E-state index contributed by atoms with van der Waals surface area (Å²) in [5.41, 5.74) is -0.566. The third-order valence-corrected chi connectivity index (χ3v) is 9.03. The first kappa shape index (κ1) is 16.0. The molecule has 0 aromatic rings. The summed E-state index contributed by atoms with van der Waals surface area (Å²) < 4.78 is 0. The minimum Gasteiger partial charge on any atom is -0.393 e. The summed E-state index contributed by atoms with van der Waals surface area (Å²) in [5, 5.41) is 21.1. The molecule has 0 aromatic heterocycles. The molecule has 4 aliphatic carbocycles. The Balaban J connectivity index is 1.65. The molecule has 0 aliphatic heterocycles. The van der Waals surface area contributed by atoms with E-state index in [0.29, 0.717) is 17.3 Å². The molecule has 23 heavy (non-hydrogen) atoms. The summed E-state index contributed by atoms with van der Waals surface area (Å²) in [4.78, 5) is 0. The first-order chi connectivity index (χ1) is 10.8. The van der Waals surface area contributed by atoms with Crippen molar-refractivity contribution in [3.63, 3.8) is 0 Å². The molecule has 4 saturated carbocycles. The van der Waals surface area contributed by atoms with Gasteiger partial charge in [-0.1, -0.05) is 19.8 Å². The van der Waals surface area contributed by atoms with E-state index < -0.39 is 5.60 Å². The van der Waals surface area contributed by atoms with Crippen LogP contribution in [0, 0.1) is 46.8 Å². The van der Waals surface area contributed by atoms with Crippen molar-refractivity contribution in [1.29, 1.82) is 0 Å². The van der Waals surface area contributed by atoms with E-state index in [9.17, 15) is 10.2 Å². The molecule has 0 saturated heterocycles. The molecule has 128 valence electrons. The van der Waals surface area contributed by atoms with Gasteiger partial charge in [0.2, 0.25) is 0 Å². The van der Waals surface area contributed by atoms with Crippen LogP contribution in [0.4, 0.5) is 0 Å². The van der Waals surface area contributed by atoms with Crippen molar-refractivity contribution in [2.75, 3.05) is 0 Å². The minimum atomic E-state index is -0.886. The monoisotopic (exact) mass is 316 g/mol. The summed E-state index contributed by atoms with van der Waals surface area (Å²) in [6.07, 6.45) is 15.6. The fourth-order valence-electron chi connectivity index (χ4n) is 7.49. The molecule has 0 heterocycles. The maximum Gasteiger partial charge on any atom is 0.130 e. The van der Waals surface area contributed by atoms with E-state index >= 15 is 0 Å². The van der Waals surface area contributed by atoms with Crippen molar-refractivity contribution >= 4 is 0 Å². The second-order valence-corrected chi connectivity index (χ2v) is 9.58. The van der Waals surface area contributed by atoms with Crippen LogP contribution in [-0.2, 0) is 0 Å². The van der Waals surface area contributed by atoms with Gasteiger partial charge in [-0.05, 0) is 86.9 Å². The fraction of sp³-hybridized carbons (Fsp3) is 0.905. The summed E-state index contributed by atoms with van der Waals surface area (Å²) in [7, 11) is 0. The van der Waals surface area contributed by atoms with E-state index in [4.69, 9.17) is 6.42 Å². The van der Waals surface area contributed by atoms with E-state index in [1.807, 2.05) is 0 Å². The fourth-order valence-corrected chi connectivity index (χ4v) is 7.49. The zero-order valence-electron chi connectivity index (χ0n) is 14.7. The molecule has 0 bridgehead atoms. The lowest BCUT2D eigenvalue weighted by atomic mass is 9.44. The van der Waals surface area contributed by atoms with Gasteiger partial charge in [0.05, 0.1) is 6.10 Å². The van der Waals surface area contributed by atoms with Crippen molar-refractivity contribution in [3.8, 4) is 12.3 Å². The highest BCUT2D eigenvalue weighted by molar-refractivity contribution is 5.23. The van der Waals surface area contributed by atoms with Crippen LogP contribution in [-0.4, -0.2) is 21.9 Å². The van der Waals surface area contributed by atoms with Crippen molar-refractivity contribution in [2.24, 2.45) is 34.5 Å². The molecule has 0 radical (unpaired) electrons. The quantitative estimate of drug-likeness (QED) is 0.668. The Hall–Kier alpha value is -0.520. The van der Waals surface area contributed by atoms with Gasteiger partial charge in [-0.3, -0.25) is 0 Å². The third-order valence-electron chi connectivity index (χ3n) is 9.03. The second-order valence-electron chi connectivity index (χ2n) is 9.58. The highest BCUT2D eigenvalue weighted by Gasteiger charge is 2.64. The van der Waals surface area contributed by atoms with Crippen molar-refractivity contribution < 1.29 is 10.2 Å². The van der Waals surface area contributed by atoms with Gasteiger partial charge in [0.15, 0.2) is 0 Å². The Labute approximate surface area is 141 Å². The topological polar surface area (TPSA) is 40.5 Å². The number of fused-ring (bicyclic) bond motifs is 5. The lowest BCUT2D eigenvalue weighted by molar-refractivity contribution is -0.144. The summed E-state index contributed by atoms with van der Waals surface area (Å²) >= 11 is 0. The summed E-state index contributed by atoms with van der Waals surface area (Å²) in [6, 6.07) is 0. The average molecular weight is 316 g/mol. The van der Waals surface area contributed by atoms with Gasteiger partial charge in [-0.2, -0.15) is 0 Å². The van der Waals surface area contributed by atoms with Gasteiger partial charge < -0.3 is 10.2 Å². The van der Waals surface area contributed by atoms with Crippen LogP contribution in [0.25, 0.3) is 0 Å². The predicted octanol–water partition coefficient (Wildman–Crippen LogP) is 3.75. The van der Waals surface area contributed by atoms with Gasteiger partial charge in [-0.15, -0.1) is 6.42 Å². The number of terminal acetylenes is 1. The molecule has 2 N–H and O–H groups in total. The molecule has 4 fully saturated rings. The SMILES string of the molecule is C#C[C@]1(O)CC[C@H]2[C@@H]3CC[C@H]4C[C@@H](O)CC[C@]4(C)[C@H]3CC[C@@]21C. The summed E-state index contributed by atoms with van der Waals surface area (Å²) in [5.74, 6) is 5.56. The Kier molecular flexibility index (Phi) is 3.47. The van der Waals surface area contributed by atoms with Crippen LogP contribution in [0.15, 0.2) is 0 Å². The maximum absolute atomic E-state index is 11.0. The zero-order valence-corrected chi connectivity index (χ0v) is 14.7. The van der Waals surface area contributed by atoms with E-state index in [2.05, 4.69) is 19.8 Å². The molecule has 2 nitrogen and oxygen atoms in total. The maximum atomic E-state index is 11.0. The molecular weight excluding hydrogens is 284 g/mol. The van der Waals surface area contributed by atoms with E-state index in [-0.39, 0.29) is 11.5 Å². The molecule has 2 heteroatoms. The van der Waals surface area contributed by atoms with Crippen LogP contribution >= 0.6 is 0 Å². The van der Waals surface area contributed by atoms with Gasteiger partial charge in [0, 0.05) is 5.41 Å². The Bertz CT molecular complexity index is 536. The van der Waals surface area contributed by atoms with Crippen LogP contribution < -0.4 is 0 Å². The van der Waals surface area contributed by atoms with Gasteiger partial charge >= 0.3 is 0 Å². The first-order valence-corrected chi connectivity index (χ1v) is 9.72. The van der Waals surface area contributed by atoms with Gasteiger partial charge in [-0.25, -0.2) is 0 Å². The van der Waals surface area contributed by atoms with Crippen molar-refractivity contribution in [1.82, 2.24) is 0 Å². The molecule has 8 atom stereocenters. The predicted molar refractivity (Wildman–Crippen MR) is 91.5 cm³/mol. The average Bonchev–Trinajstić information content (AvgIpc) is 2.80. The standard InChI is InChI=1S/C21H32O2/c1-4-21(23)12-9-18-16-6-5-14-13-15(22)7-10-19(14,2)17(16)8-11-20(18,21)3/h1,14-18,22-23H,5-13H2,2-3H3/t14-,15-,16+,17-,18-,19-,20-,21-/m0/s1. The van der Waals surface area contributed by atoms with Gasteiger partial charge in [0.1, 0.15) is 5.60 Å². The smallest absolute Gasteiger partial charge is 0.130 e. The van der Waals surface area contributed by atoms with Crippen LogP contribution in [0.5, 0.6) is 0 Å². The van der Waals surface area contributed by atoms with Crippen LogP contribution in [0.3, 0.4) is 0 Å². The van der Waals surface area contributed by atoms with E-state index in [1.54, 1.807) is 0 Å². The normalized spacial score (nSPS) is 58.7. The number of rotatable bonds is 0. The molecule has 0 unspecified atom stereocenters. The van der Waals surface area contributed by atoms with Crippen molar-refractivity contribution in [2.45, 2.75) is 83.3 Å². The largest absolute Gasteiger partial charge is 0.393 e. The zero-order chi connectivity index (χ0) is 16.5. The number of aliphatic hydroxyl groups is 2. The minimum absolute atomic E-state index is 0.0727. The molecular formula is C21H32O2. The highest BCUT2D eigenvalue weighted by Crippen LogP contribution is 2.68. The number of hydrogen-bond acceptors (Lipinski definition) is 2. The van der Waals surface area contributed by atoms with E-state index in [0.717, 1.165) is 43.9 Å². The number of hydrogen-bond donors (Lipinski definition) is 2. The Morgan fingerprint density at radius 3 is 2.43 bits per heavy atom. The van der Waals surface area contributed by atoms with Crippen molar-refractivity contribution in [3.05, 3.63) is 0 Å². The molecule has 4 rings (SSSR count). The van der Waals surface area contributed by atoms with Crippen LogP contribution in [0.1, 0.15) is 71.6 Å². The van der Waals surface area contributed by atoms with Crippen LogP contribution in [0.2, 0.25) is 0 Å².